The van der Waals surface area contributed by atoms with Crippen LogP contribution in [-0.2, 0) is 19.5 Å². The summed E-state index contributed by atoms with van der Waals surface area (Å²) >= 11 is 0. The van der Waals surface area contributed by atoms with Crippen molar-refractivity contribution >= 4 is 33.1 Å². The first-order chi connectivity index (χ1) is 15.9. The molecule has 0 aliphatic carbocycles. The van der Waals surface area contributed by atoms with E-state index in [1.807, 2.05) is 0 Å². The molecular weight excluding hydrogens is 451 g/mol. The van der Waals surface area contributed by atoms with Crippen LogP contribution in [0.1, 0.15) is 12.8 Å². The standard InChI is InChI=1S/C22H27FN4O5S/c23-18-5-1-2-6-19(18)25-22(28)26-21-14-17(33(29,30)27-9-12-31-13-10-27)7-8-20(21)24-15-16-4-3-11-32-16/h1-2,5-8,14,16,24H,3-4,9-13,15H2,(H2,25,26,28). The average Bonchev–Trinajstić information content (AvgIpc) is 3.34. The van der Waals surface area contributed by atoms with Crippen molar-refractivity contribution in [2.75, 3.05) is 55.4 Å². The van der Waals surface area contributed by atoms with Gasteiger partial charge in [0.05, 0.1) is 41.3 Å². The lowest BCUT2D eigenvalue weighted by molar-refractivity contribution is 0.0730. The normalized spacial score (nSPS) is 19.2. The summed E-state index contributed by atoms with van der Waals surface area (Å²) in [6, 6.07) is 9.62. The quantitative estimate of drug-likeness (QED) is 0.564. The second-order valence-corrected chi connectivity index (χ2v) is 9.74. The van der Waals surface area contributed by atoms with E-state index in [1.165, 1.54) is 34.6 Å². The second kappa shape index (κ2) is 10.5. The number of hydrogen-bond acceptors (Lipinski definition) is 6. The third kappa shape index (κ3) is 5.80. The van der Waals surface area contributed by atoms with E-state index in [-0.39, 0.29) is 35.5 Å². The minimum absolute atomic E-state index is 0.0148. The molecule has 1 atom stereocenters. The van der Waals surface area contributed by atoms with Crippen molar-refractivity contribution in [1.29, 1.82) is 0 Å². The van der Waals surface area contributed by atoms with Crippen molar-refractivity contribution in [3.05, 3.63) is 48.3 Å². The summed E-state index contributed by atoms with van der Waals surface area (Å²) in [5.41, 5.74) is 0.812. The molecule has 3 N–H and O–H groups in total. The molecule has 0 radical (unpaired) electrons. The molecule has 178 valence electrons. The third-order valence-electron chi connectivity index (χ3n) is 5.51. The second-order valence-electron chi connectivity index (χ2n) is 7.80. The Morgan fingerprint density at radius 3 is 2.52 bits per heavy atom. The Morgan fingerprint density at radius 1 is 1.03 bits per heavy atom. The summed E-state index contributed by atoms with van der Waals surface area (Å²) in [5.74, 6) is -0.576. The zero-order valence-electron chi connectivity index (χ0n) is 18.1. The largest absolute Gasteiger partial charge is 0.381 e. The number of morpholine rings is 1. The number of amides is 2. The van der Waals surface area contributed by atoms with Crippen LogP contribution in [0, 0.1) is 5.82 Å². The Morgan fingerprint density at radius 2 is 1.79 bits per heavy atom. The summed E-state index contributed by atoms with van der Waals surface area (Å²) in [6.45, 7) is 2.40. The molecule has 11 heteroatoms. The first-order valence-electron chi connectivity index (χ1n) is 10.8. The Labute approximate surface area is 192 Å². The van der Waals surface area contributed by atoms with Crippen LogP contribution in [0.3, 0.4) is 0 Å². The van der Waals surface area contributed by atoms with Crippen LogP contribution >= 0.6 is 0 Å². The van der Waals surface area contributed by atoms with Gasteiger partial charge in [-0.3, -0.25) is 0 Å². The van der Waals surface area contributed by atoms with E-state index < -0.39 is 21.9 Å². The van der Waals surface area contributed by atoms with Gasteiger partial charge < -0.3 is 25.4 Å². The highest BCUT2D eigenvalue weighted by Crippen LogP contribution is 2.29. The van der Waals surface area contributed by atoms with Gasteiger partial charge in [-0.15, -0.1) is 0 Å². The smallest absolute Gasteiger partial charge is 0.323 e. The number of nitrogens with zero attached hydrogens (tertiary/aromatic N) is 1. The molecule has 9 nitrogen and oxygen atoms in total. The van der Waals surface area contributed by atoms with Gasteiger partial charge in [0.1, 0.15) is 5.82 Å². The Bertz CT molecular complexity index is 1090. The molecule has 0 spiro atoms. The molecule has 0 saturated carbocycles. The van der Waals surface area contributed by atoms with Crippen LogP contribution in [0.15, 0.2) is 47.4 Å². The number of nitrogens with one attached hydrogen (secondary N) is 3. The van der Waals surface area contributed by atoms with E-state index in [2.05, 4.69) is 16.0 Å². The molecule has 2 aromatic carbocycles. The molecule has 2 aliphatic rings. The van der Waals surface area contributed by atoms with E-state index in [1.54, 1.807) is 12.1 Å². The fourth-order valence-electron chi connectivity index (χ4n) is 3.74. The summed E-state index contributed by atoms with van der Waals surface area (Å²) in [4.78, 5) is 12.6. The maximum Gasteiger partial charge on any atom is 0.323 e. The minimum Gasteiger partial charge on any atom is -0.381 e. The van der Waals surface area contributed by atoms with Gasteiger partial charge in [-0.05, 0) is 43.2 Å². The monoisotopic (exact) mass is 478 g/mol. The fraction of sp³-hybridized carbons (Fsp3) is 0.409. The molecule has 2 heterocycles. The maximum atomic E-state index is 13.9. The molecule has 2 amide bonds. The first-order valence-corrected chi connectivity index (χ1v) is 12.3. The van der Waals surface area contributed by atoms with E-state index in [9.17, 15) is 17.6 Å². The molecule has 0 bridgehead atoms. The number of para-hydroxylation sites is 1. The first kappa shape index (κ1) is 23.4. The van der Waals surface area contributed by atoms with Crippen LogP contribution in [-0.4, -0.2) is 64.3 Å². The topological polar surface area (TPSA) is 109 Å². The molecule has 1 unspecified atom stereocenters. The van der Waals surface area contributed by atoms with Crippen molar-refractivity contribution in [3.63, 3.8) is 0 Å². The van der Waals surface area contributed by atoms with Gasteiger partial charge in [-0.1, -0.05) is 12.1 Å². The third-order valence-corrected chi connectivity index (χ3v) is 7.41. The lowest BCUT2D eigenvalue weighted by Crippen LogP contribution is -2.40. The number of carbonyl (C=O) groups is 1. The van der Waals surface area contributed by atoms with Gasteiger partial charge >= 0.3 is 6.03 Å². The molecule has 0 aromatic heterocycles. The summed E-state index contributed by atoms with van der Waals surface area (Å²) < 4.78 is 52.3. The molecule has 4 rings (SSSR count). The van der Waals surface area contributed by atoms with E-state index >= 15 is 0 Å². The fourth-order valence-corrected chi connectivity index (χ4v) is 5.18. The van der Waals surface area contributed by atoms with Gasteiger partial charge in [0, 0.05) is 26.2 Å². The van der Waals surface area contributed by atoms with Gasteiger partial charge in [0.2, 0.25) is 10.0 Å². The maximum absolute atomic E-state index is 13.9. The molecule has 33 heavy (non-hydrogen) atoms. The van der Waals surface area contributed by atoms with Crippen molar-refractivity contribution in [2.24, 2.45) is 0 Å². The number of ether oxygens (including phenoxy) is 2. The average molecular weight is 479 g/mol. The number of halogens is 1. The lowest BCUT2D eigenvalue weighted by Gasteiger charge is -2.26. The van der Waals surface area contributed by atoms with Crippen LogP contribution in [0.25, 0.3) is 0 Å². The highest BCUT2D eigenvalue weighted by Gasteiger charge is 2.27. The van der Waals surface area contributed by atoms with Crippen LogP contribution in [0.4, 0.5) is 26.2 Å². The predicted molar refractivity (Wildman–Crippen MR) is 123 cm³/mol. The highest BCUT2D eigenvalue weighted by molar-refractivity contribution is 7.89. The summed E-state index contributed by atoms with van der Waals surface area (Å²) in [5, 5.41) is 8.32. The summed E-state index contributed by atoms with van der Waals surface area (Å²) in [7, 11) is -3.76. The molecule has 2 aromatic rings. The molecular formula is C22H27FN4O5S. The molecule has 2 saturated heterocycles. The number of urea groups is 1. The van der Waals surface area contributed by atoms with Gasteiger partial charge in [0.15, 0.2) is 0 Å². The van der Waals surface area contributed by atoms with Gasteiger partial charge in [-0.2, -0.15) is 4.31 Å². The van der Waals surface area contributed by atoms with E-state index in [4.69, 9.17) is 9.47 Å². The number of rotatable bonds is 7. The summed E-state index contributed by atoms with van der Waals surface area (Å²) in [6.07, 6.45) is 1.95. The number of carbonyl (C=O) groups excluding carboxylic acids is 1. The van der Waals surface area contributed by atoms with E-state index in [0.29, 0.717) is 32.1 Å². The van der Waals surface area contributed by atoms with E-state index in [0.717, 1.165) is 12.8 Å². The predicted octanol–water partition coefficient (Wildman–Crippen LogP) is 3.08. The Kier molecular flexibility index (Phi) is 7.43. The number of hydrogen-bond donors (Lipinski definition) is 3. The zero-order chi connectivity index (χ0) is 23.3. The van der Waals surface area contributed by atoms with Gasteiger partial charge in [-0.25, -0.2) is 17.6 Å². The van der Waals surface area contributed by atoms with Gasteiger partial charge in [0.25, 0.3) is 0 Å². The van der Waals surface area contributed by atoms with Crippen LogP contribution in [0.5, 0.6) is 0 Å². The van der Waals surface area contributed by atoms with Crippen molar-refractivity contribution in [1.82, 2.24) is 4.31 Å². The zero-order valence-corrected chi connectivity index (χ0v) is 18.9. The Hall–Kier alpha value is -2.73. The lowest BCUT2D eigenvalue weighted by atomic mass is 10.2. The molecule has 2 fully saturated rings. The van der Waals surface area contributed by atoms with Crippen molar-refractivity contribution < 1.29 is 27.1 Å². The van der Waals surface area contributed by atoms with Crippen molar-refractivity contribution in [2.45, 2.75) is 23.8 Å². The van der Waals surface area contributed by atoms with Crippen LogP contribution in [0.2, 0.25) is 0 Å². The minimum atomic E-state index is -3.76. The van der Waals surface area contributed by atoms with Crippen LogP contribution < -0.4 is 16.0 Å². The highest BCUT2D eigenvalue weighted by atomic mass is 32.2. The van der Waals surface area contributed by atoms with Crippen molar-refractivity contribution in [3.8, 4) is 0 Å². The Balaban J connectivity index is 1.56. The number of sulfonamides is 1. The number of anilines is 3. The number of benzene rings is 2. The molecule has 2 aliphatic heterocycles. The SMILES string of the molecule is O=C(Nc1ccccc1F)Nc1cc(S(=O)(=O)N2CCOCC2)ccc1NCC1CCCO1.